The number of amides is 2. The molecule has 3 aromatic carbocycles. The number of nitrogens with zero attached hydrogens (tertiary/aromatic N) is 1. The SMILES string of the molecule is CCCNC(=O)[C@@H](Cc1ccccc1)N(Cc1ccccc1C)C(=O)Cc1ccccc1Cl. The smallest absolute Gasteiger partial charge is 0.243 e. The molecule has 4 nitrogen and oxygen atoms in total. The second kappa shape index (κ2) is 12.2. The van der Waals surface area contributed by atoms with Crippen molar-refractivity contribution in [3.05, 3.63) is 106 Å². The number of carbonyl (C=O) groups excluding carboxylic acids is 2. The minimum Gasteiger partial charge on any atom is -0.354 e. The highest BCUT2D eigenvalue weighted by Crippen LogP contribution is 2.21. The van der Waals surface area contributed by atoms with Crippen LogP contribution in [0.4, 0.5) is 0 Å². The van der Waals surface area contributed by atoms with Crippen LogP contribution in [0.5, 0.6) is 0 Å². The van der Waals surface area contributed by atoms with E-state index in [4.69, 9.17) is 11.6 Å². The Bertz CT molecular complexity index is 1070. The van der Waals surface area contributed by atoms with E-state index in [1.807, 2.05) is 86.6 Å². The van der Waals surface area contributed by atoms with Crippen LogP contribution in [0.1, 0.15) is 35.6 Å². The monoisotopic (exact) mass is 462 g/mol. The van der Waals surface area contributed by atoms with Gasteiger partial charge in [0.25, 0.3) is 0 Å². The van der Waals surface area contributed by atoms with Gasteiger partial charge in [-0.25, -0.2) is 0 Å². The zero-order valence-electron chi connectivity index (χ0n) is 19.3. The fourth-order valence-corrected chi connectivity index (χ4v) is 4.00. The highest BCUT2D eigenvalue weighted by atomic mass is 35.5. The first-order valence-electron chi connectivity index (χ1n) is 11.4. The van der Waals surface area contributed by atoms with Gasteiger partial charge >= 0.3 is 0 Å². The number of hydrogen-bond donors (Lipinski definition) is 1. The van der Waals surface area contributed by atoms with Crippen LogP contribution in [-0.4, -0.2) is 29.3 Å². The fourth-order valence-electron chi connectivity index (χ4n) is 3.80. The first kappa shape index (κ1) is 24.5. The van der Waals surface area contributed by atoms with E-state index < -0.39 is 6.04 Å². The van der Waals surface area contributed by atoms with E-state index in [1.165, 1.54) is 0 Å². The molecule has 3 aromatic rings. The lowest BCUT2D eigenvalue weighted by Crippen LogP contribution is -2.51. The predicted octanol–water partition coefficient (Wildman–Crippen LogP) is 5.36. The summed E-state index contributed by atoms with van der Waals surface area (Å²) in [7, 11) is 0. The summed E-state index contributed by atoms with van der Waals surface area (Å²) in [5.74, 6) is -0.263. The Morgan fingerprint density at radius 3 is 2.21 bits per heavy atom. The van der Waals surface area contributed by atoms with Gasteiger partial charge in [-0.2, -0.15) is 0 Å². The zero-order chi connectivity index (χ0) is 23.6. The number of nitrogens with one attached hydrogen (secondary N) is 1. The lowest BCUT2D eigenvalue weighted by atomic mass is 10.0. The molecule has 0 saturated heterocycles. The third-order valence-electron chi connectivity index (χ3n) is 5.72. The van der Waals surface area contributed by atoms with Crippen molar-refractivity contribution in [2.24, 2.45) is 0 Å². The van der Waals surface area contributed by atoms with Gasteiger partial charge in [0.2, 0.25) is 11.8 Å². The molecule has 0 aliphatic heterocycles. The maximum absolute atomic E-state index is 13.7. The molecule has 2 amide bonds. The van der Waals surface area contributed by atoms with E-state index in [2.05, 4.69) is 5.32 Å². The molecule has 33 heavy (non-hydrogen) atoms. The first-order chi connectivity index (χ1) is 16.0. The molecule has 0 heterocycles. The minimum atomic E-state index is -0.631. The van der Waals surface area contributed by atoms with Gasteiger partial charge in [0.05, 0.1) is 6.42 Å². The summed E-state index contributed by atoms with van der Waals surface area (Å²) in [6, 6.07) is 24.5. The topological polar surface area (TPSA) is 49.4 Å². The maximum Gasteiger partial charge on any atom is 0.243 e. The average molecular weight is 463 g/mol. The van der Waals surface area contributed by atoms with Gasteiger partial charge in [0, 0.05) is 24.5 Å². The van der Waals surface area contributed by atoms with Crippen molar-refractivity contribution >= 4 is 23.4 Å². The summed E-state index contributed by atoms with van der Waals surface area (Å²) < 4.78 is 0. The molecule has 0 aliphatic carbocycles. The Balaban J connectivity index is 1.97. The summed E-state index contributed by atoms with van der Waals surface area (Å²) in [6.45, 7) is 4.96. The maximum atomic E-state index is 13.7. The normalized spacial score (nSPS) is 11.6. The lowest BCUT2D eigenvalue weighted by Gasteiger charge is -2.32. The number of rotatable bonds is 10. The summed E-state index contributed by atoms with van der Waals surface area (Å²) in [6.07, 6.45) is 1.41. The average Bonchev–Trinajstić information content (AvgIpc) is 2.83. The quantitative estimate of drug-likeness (QED) is 0.441. The number of benzene rings is 3. The highest BCUT2D eigenvalue weighted by molar-refractivity contribution is 6.31. The van der Waals surface area contributed by atoms with E-state index in [1.54, 1.807) is 11.0 Å². The summed E-state index contributed by atoms with van der Waals surface area (Å²) in [4.78, 5) is 28.7. The highest BCUT2D eigenvalue weighted by Gasteiger charge is 2.30. The summed E-state index contributed by atoms with van der Waals surface area (Å²) >= 11 is 6.35. The number of halogens is 1. The van der Waals surface area contributed by atoms with Crippen molar-refractivity contribution < 1.29 is 9.59 Å². The summed E-state index contributed by atoms with van der Waals surface area (Å²) in [5, 5.41) is 3.56. The standard InChI is InChI=1S/C28H31ClN2O2/c1-3-17-30-28(33)26(18-22-12-5-4-6-13-22)31(20-24-15-8-7-11-21(24)2)27(32)19-23-14-9-10-16-25(23)29/h4-16,26H,3,17-20H2,1-2H3,(H,30,33)/t26-/m1/s1. The third kappa shape index (κ3) is 6.93. The van der Waals surface area contributed by atoms with Crippen LogP contribution in [0.25, 0.3) is 0 Å². The van der Waals surface area contributed by atoms with Gasteiger partial charge in [-0.05, 0) is 41.7 Å². The molecule has 1 atom stereocenters. The molecule has 3 rings (SSSR count). The molecule has 0 aromatic heterocycles. The molecule has 0 radical (unpaired) electrons. The Kier molecular flexibility index (Phi) is 9.08. The fraction of sp³-hybridized carbons (Fsp3) is 0.286. The molecule has 0 saturated carbocycles. The van der Waals surface area contributed by atoms with E-state index in [0.29, 0.717) is 24.5 Å². The Morgan fingerprint density at radius 2 is 1.55 bits per heavy atom. The predicted molar refractivity (Wildman–Crippen MR) is 134 cm³/mol. The van der Waals surface area contributed by atoms with Crippen LogP contribution in [0.3, 0.4) is 0 Å². The second-order valence-electron chi connectivity index (χ2n) is 8.21. The van der Waals surface area contributed by atoms with Crippen molar-refractivity contribution in [2.75, 3.05) is 6.54 Å². The molecule has 0 aliphatic rings. The largest absolute Gasteiger partial charge is 0.354 e. The molecule has 172 valence electrons. The van der Waals surface area contributed by atoms with Crippen molar-refractivity contribution in [1.82, 2.24) is 10.2 Å². The zero-order valence-corrected chi connectivity index (χ0v) is 20.0. The van der Waals surface area contributed by atoms with Crippen LogP contribution in [0, 0.1) is 6.92 Å². The number of hydrogen-bond acceptors (Lipinski definition) is 2. The Labute approximate surface area is 201 Å². The van der Waals surface area contributed by atoms with Crippen LogP contribution in [0.2, 0.25) is 5.02 Å². The van der Waals surface area contributed by atoms with Crippen molar-refractivity contribution in [1.29, 1.82) is 0 Å². The van der Waals surface area contributed by atoms with Crippen LogP contribution in [-0.2, 0) is 29.0 Å². The second-order valence-corrected chi connectivity index (χ2v) is 8.62. The number of aryl methyl sites for hydroxylation is 1. The van der Waals surface area contributed by atoms with Crippen molar-refractivity contribution in [3.8, 4) is 0 Å². The van der Waals surface area contributed by atoms with E-state index >= 15 is 0 Å². The molecule has 1 N–H and O–H groups in total. The van der Waals surface area contributed by atoms with Gasteiger partial charge < -0.3 is 10.2 Å². The van der Waals surface area contributed by atoms with Crippen LogP contribution in [0.15, 0.2) is 78.9 Å². The van der Waals surface area contributed by atoms with Crippen molar-refractivity contribution in [2.45, 2.75) is 45.7 Å². The van der Waals surface area contributed by atoms with Gasteiger partial charge in [0.1, 0.15) is 6.04 Å². The van der Waals surface area contributed by atoms with E-state index in [9.17, 15) is 9.59 Å². The molecule has 0 fully saturated rings. The van der Waals surface area contributed by atoms with Gasteiger partial charge in [-0.3, -0.25) is 9.59 Å². The Hall–Kier alpha value is -3.11. The van der Waals surface area contributed by atoms with Gasteiger partial charge in [0.15, 0.2) is 0 Å². The van der Waals surface area contributed by atoms with Crippen LogP contribution >= 0.6 is 11.6 Å². The molecule has 0 spiro atoms. The van der Waals surface area contributed by atoms with Crippen molar-refractivity contribution in [3.63, 3.8) is 0 Å². The molecular formula is C28H31ClN2O2. The molecule has 5 heteroatoms. The Morgan fingerprint density at radius 1 is 0.909 bits per heavy atom. The van der Waals surface area contributed by atoms with Gasteiger partial charge in [-0.1, -0.05) is 91.3 Å². The first-order valence-corrected chi connectivity index (χ1v) is 11.8. The lowest BCUT2D eigenvalue weighted by molar-refractivity contribution is -0.140. The number of carbonyl (C=O) groups is 2. The third-order valence-corrected chi connectivity index (χ3v) is 6.09. The van der Waals surface area contributed by atoms with Crippen LogP contribution < -0.4 is 5.32 Å². The van der Waals surface area contributed by atoms with Gasteiger partial charge in [-0.15, -0.1) is 0 Å². The molecular weight excluding hydrogens is 432 g/mol. The van der Waals surface area contributed by atoms with E-state index in [0.717, 1.165) is 28.7 Å². The molecule has 0 bridgehead atoms. The molecule has 0 unspecified atom stereocenters. The summed E-state index contributed by atoms with van der Waals surface area (Å²) in [5.41, 5.74) is 3.87. The minimum absolute atomic E-state index is 0.126. The van der Waals surface area contributed by atoms with E-state index in [-0.39, 0.29) is 18.2 Å².